The van der Waals surface area contributed by atoms with E-state index in [0.717, 1.165) is 17.5 Å². The summed E-state index contributed by atoms with van der Waals surface area (Å²) in [5, 5.41) is 33.8. The summed E-state index contributed by atoms with van der Waals surface area (Å²) in [5.41, 5.74) is -2.16. The van der Waals surface area contributed by atoms with Gasteiger partial charge >= 0.3 is 0 Å². The summed E-state index contributed by atoms with van der Waals surface area (Å²) in [6.45, 7) is 0. The van der Waals surface area contributed by atoms with Crippen LogP contribution in [0.1, 0.15) is 65.5 Å². The van der Waals surface area contributed by atoms with Gasteiger partial charge in [-0.15, -0.1) is 0 Å². The zero-order chi connectivity index (χ0) is 45.2. The molecule has 0 heterocycles. The highest BCUT2D eigenvalue weighted by molar-refractivity contribution is 6.05. The minimum Gasteiger partial charge on any atom is -0.496 e. The number of aliphatic hydroxyl groups is 2. The number of ether oxygens (including phenoxy) is 4. The van der Waals surface area contributed by atoms with Crippen molar-refractivity contribution in [2.45, 2.75) is 68.2 Å². The third-order valence-corrected chi connectivity index (χ3v) is 12.8. The Hall–Kier alpha value is -6.62. The number of nitrogens with one attached hydrogen (secondary N) is 2. The van der Waals surface area contributed by atoms with Crippen molar-refractivity contribution in [1.29, 1.82) is 0 Å². The SMILES string of the molecule is COc1ccccc1C(O)(c1ccccc1OC)[C@@H](Cc1ccccc1)NC(=O)C1(C(=O)N[C@H](Cc2ccccc2)C(O)(c2ccccc2OC)c2ccccc2OC)CCCCC1. The Bertz CT molecular complexity index is 2230. The van der Waals surface area contributed by atoms with E-state index in [0.29, 0.717) is 58.1 Å². The van der Waals surface area contributed by atoms with Crippen LogP contribution in [0, 0.1) is 5.41 Å². The zero-order valence-electron chi connectivity index (χ0n) is 37.0. The predicted octanol–water partition coefficient (Wildman–Crippen LogP) is 8.30. The first-order chi connectivity index (χ1) is 31.1. The molecule has 64 heavy (non-hydrogen) atoms. The van der Waals surface area contributed by atoms with Gasteiger partial charge in [0.25, 0.3) is 0 Å². The lowest BCUT2D eigenvalue weighted by atomic mass is 9.70. The Labute approximate surface area is 376 Å². The molecule has 2 amide bonds. The average Bonchev–Trinajstić information content (AvgIpc) is 3.36. The van der Waals surface area contributed by atoms with Crippen molar-refractivity contribution in [2.24, 2.45) is 5.41 Å². The molecule has 0 saturated heterocycles. The van der Waals surface area contributed by atoms with E-state index < -0.39 is 40.5 Å². The van der Waals surface area contributed by atoms with Gasteiger partial charge in [0, 0.05) is 22.3 Å². The molecule has 0 radical (unpaired) electrons. The minimum absolute atomic E-state index is 0.175. The zero-order valence-corrected chi connectivity index (χ0v) is 37.0. The first-order valence-electron chi connectivity index (χ1n) is 21.8. The summed E-state index contributed by atoms with van der Waals surface area (Å²) >= 11 is 0. The maximum absolute atomic E-state index is 15.7. The fraction of sp³-hybridized carbons (Fsp3) is 0.296. The lowest BCUT2D eigenvalue weighted by Crippen LogP contribution is -2.62. The van der Waals surface area contributed by atoms with E-state index in [4.69, 9.17) is 18.9 Å². The van der Waals surface area contributed by atoms with Gasteiger partial charge in [-0.1, -0.05) is 153 Å². The molecule has 7 rings (SSSR count). The van der Waals surface area contributed by atoms with E-state index in [9.17, 15) is 10.2 Å². The third kappa shape index (κ3) is 8.94. The van der Waals surface area contributed by atoms with Crippen molar-refractivity contribution in [2.75, 3.05) is 28.4 Å². The Morgan fingerprint density at radius 2 is 0.750 bits per heavy atom. The molecule has 2 atom stereocenters. The van der Waals surface area contributed by atoms with Crippen LogP contribution in [0.3, 0.4) is 0 Å². The van der Waals surface area contributed by atoms with Crippen molar-refractivity contribution in [1.82, 2.24) is 10.6 Å². The van der Waals surface area contributed by atoms with Crippen molar-refractivity contribution < 1.29 is 38.7 Å². The second-order valence-electron chi connectivity index (χ2n) is 16.4. The molecule has 0 aliphatic heterocycles. The molecule has 0 aromatic heterocycles. The summed E-state index contributed by atoms with van der Waals surface area (Å²) in [6.07, 6.45) is 2.89. The summed E-state index contributed by atoms with van der Waals surface area (Å²) in [4.78, 5) is 31.3. The number of rotatable bonds is 18. The molecule has 6 aromatic carbocycles. The van der Waals surface area contributed by atoms with Crippen LogP contribution in [0.15, 0.2) is 158 Å². The fourth-order valence-electron chi connectivity index (χ4n) is 9.49. The number of amides is 2. The molecule has 1 saturated carbocycles. The Balaban J connectivity index is 1.38. The number of carbonyl (C=O) groups excluding carboxylic acids is 2. The molecule has 0 unspecified atom stereocenters. The molecule has 6 aromatic rings. The van der Waals surface area contributed by atoms with Crippen LogP contribution < -0.4 is 29.6 Å². The number of carbonyl (C=O) groups is 2. The molecule has 0 spiro atoms. The van der Waals surface area contributed by atoms with Gasteiger partial charge in [-0.2, -0.15) is 0 Å². The highest BCUT2D eigenvalue weighted by Crippen LogP contribution is 2.47. The van der Waals surface area contributed by atoms with E-state index in [1.165, 1.54) is 28.4 Å². The lowest BCUT2D eigenvalue weighted by Gasteiger charge is -2.44. The van der Waals surface area contributed by atoms with Crippen LogP contribution in [0.4, 0.5) is 0 Å². The maximum atomic E-state index is 15.7. The smallest absolute Gasteiger partial charge is 0.236 e. The first-order valence-corrected chi connectivity index (χ1v) is 21.8. The lowest BCUT2D eigenvalue weighted by molar-refractivity contribution is -0.149. The summed E-state index contributed by atoms with van der Waals surface area (Å²) in [5.74, 6) is 0.553. The standard InChI is InChI=1S/C54H58N2O8/c1-61-44-30-16-12-26-40(44)53(59,41-27-13-17-31-45(41)62-2)48(36-38-22-8-5-9-23-38)55-50(57)52(34-20-7-21-35-52)51(58)56-49(37-39-24-10-6-11-25-39)54(60,42-28-14-18-32-46(42)63-3)43-29-15-19-33-47(43)64-4/h5-6,8-19,22-33,48-49,59-60H,7,20-21,34-37H2,1-4H3,(H,55,57)(H,56,58)/t48-,49-/m1/s1. The van der Waals surface area contributed by atoms with Crippen LogP contribution in [0.2, 0.25) is 0 Å². The molecule has 4 N–H and O–H groups in total. The summed E-state index contributed by atoms with van der Waals surface area (Å²) < 4.78 is 23.5. The third-order valence-electron chi connectivity index (χ3n) is 12.8. The van der Waals surface area contributed by atoms with E-state index in [1.54, 1.807) is 48.5 Å². The van der Waals surface area contributed by atoms with Crippen LogP contribution in [-0.4, -0.2) is 62.6 Å². The number of para-hydroxylation sites is 4. The average molecular weight is 863 g/mol. The minimum atomic E-state index is -1.94. The second kappa shape index (κ2) is 20.3. The number of methoxy groups -OCH3 is 4. The van der Waals surface area contributed by atoms with Crippen LogP contribution in [0.25, 0.3) is 0 Å². The predicted molar refractivity (Wildman–Crippen MR) is 248 cm³/mol. The maximum Gasteiger partial charge on any atom is 0.236 e. The van der Waals surface area contributed by atoms with Crippen LogP contribution in [0.5, 0.6) is 23.0 Å². The van der Waals surface area contributed by atoms with E-state index in [2.05, 4.69) is 10.6 Å². The van der Waals surface area contributed by atoms with Gasteiger partial charge in [0.2, 0.25) is 11.8 Å². The van der Waals surface area contributed by atoms with Gasteiger partial charge in [0.05, 0.1) is 40.5 Å². The van der Waals surface area contributed by atoms with Gasteiger partial charge in [-0.25, -0.2) is 0 Å². The molecule has 10 heteroatoms. The Morgan fingerprint density at radius 3 is 1.05 bits per heavy atom. The van der Waals surface area contributed by atoms with Gasteiger partial charge in [0.1, 0.15) is 39.6 Å². The Kier molecular flexibility index (Phi) is 14.4. The molecule has 1 aliphatic rings. The van der Waals surface area contributed by atoms with Crippen molar-refractivity contribution in [3.63, 3.8) is 0 Å². The quantitative estimate of drug-likeness (QED) is 0.0635. The van der Waals surface area contributed by atoms with Gasteiger partial charge < -0.3 is 39.8 Å². The molecular formula is C54H58N2O8. The van der Waals surface area contributed by atoms with E-state index in [1.807, 2.05) is 109 Å². The highest BCUT2D eigenvalue weighted by atomic mass is 16.5. The number of hydrogen-bond acceptors (Lipinski definition) is 8. The molecule has 1 fully saturated rings. The number of hydrogen-bond donors (Lipinski definition) is 4. The fourth-order valence-corrected chi connectivity index (χ4v) is 9.49. The summed E-state index contributed by atoms with van der Waals surface area (Å²) in [6, 6.07) is 45.8. The molecule has 332 valence electrons. The summed E-state index contributed by atoms with van der Waals surface area (Å²) in [7, 11) is 6.15. The van der Waals surface area contributed by atoms with Crippen molar-refractivity contribution in [3.05, 3.63) is 191 Å². The van der Waals surface area contributed by atoms with E-state index >= 15 is 9.59 Å². The van der Waals surface area contributed by atoms with Gasteiger partial charge in [0.15, 0.2) is 0 Å². The number of benzene rings is 6. The molecule has 1 aliphatic carbocycles. The van der Waals surface area contributed by atoms with Crippen LogP contribution >= 0.6 is 0 Å². The van der Waals surface area contributed by atoms with Gasteiger partial charge in [-0.3, -0.25) is 9.59 Å². The molecule has 10 nitrogen and oxygen atoms in total. The molecule has 0 bridgehead atoms. The van der Waals surface area contributed by atoms with E-state index in [-0.39, 0.29) is 25.7 Å². The monoisotopic (exact) mass is 862 g/mol. The van der Waals surface area contributed by atoms with Crippen molar-refractivity contribution in [3.8, 4) is 23.0 Å². The van der Waals surface area contributed by atoms with Gasteiger partial charge in [-0.05, 0) is 61.1 Å². The highest BCUT2D eigenvalue weighted by Gasteiger charge is 2.53. The topological polar surface area (TPSA) is 136 Å². The van der Waals surface area contributed by atoms with Crippen LogP contribution in [-0.2, 0) is 33.6 Å². The van der Waals surface area contributed by atoms with Crippen molar-refractivity contribution >= 4 is 11.8 Å². The normalized spacial score (nSPS) is 14.7. The first kappa shape index (κ1) is 45.4. The molecular weight excluding hydrogens is 805 g/mol. The second-order valence-corrected chi connectivity index (χ2v) is 16.4. The Morgan fingerprint density at radius 1 is 0.469 bits per heavy atom. The largest absolute Gasteiger partial charge is 0.496 e.